The average Bonchev–Trinajstić information content (AvgIpc) is 3.25. The van der Waals surface area contributed by atoms with Crippen LogP contribution in [0.1, 0.15) is 71.1 Å². The van der Waals surface area contributed by atoms with E-state index in [4.69, 9.17) is 0 Å². The van der Waals surface area contributed by atoms with Crippen molar-refractivity contribution >= 4 is 0 Å². The van der Waals surface area contributed by atoms with Gasteiger partial charge < -0.3 is 5.32 Å². The summed E-state index contributed by atoms with van der Waals surface area (Å²) in [7, 11) is 0. The van der Waals surface area contributed by atoms with Crippen LogP contribution in [0.2, 0.25) is 0 Å². The zero-order valence-electron chi connectivity index (χ0n) is 12.8. The maximum absolute atomic E-state index is 3.87. The van der Waals surface area contributed by atoms with E-state index in [0.717, 1.165) is 12.0 Å². The Balaban J connectivity index is 1.62. The van der Waals surface area contributed by atoms with E-state index in [9.17, 15) is 0 Å². The van der Waals surface area contributed by atoms with Crippen LogP contribution < -0.4 is 5.32 Å². The quantitative estimate of drug-likeness (QED) is 0.817. The molecule has 0 bridgehead atoms. The molecule has 1 unspecified atom stereocenters. The molecule has 2 heteroatoms. The fraction of sp³-hybridized carbons (Fsp3) is 1.00. The van der Waals surface area contributed by atoms with Crippen LogP contribution in [0.15, 0.2) is 0 Å². The summed E-state index contributed by atoms with van der Waals surface area (Å²) in [6.07, 6.45) is 14.5. The van der Waals surface area contributed by atoms with Crippen LogP contribution in [0.3, 0.4) is 0 Å². The molecule has 2 saturated carbocycles. The molecule has 1 spiro atoms. The third-order valence-electron chi connectivity index (χ3n) is 5.76. The number of rotatable bonds is 5. The SMILES string of the molecule is CCCC1CN(CCC2CC2)C2(CCCCC2)CN1. The van der Waals surface area contributed by atoms with Crippen molar-refractivity contribution in [2.45, 2.75) is 82.7 Å². The molecule has 0 aromatic heterocycles. The van der Waals surface area contributed by atoms with Gasteiger partial charge >= 0.3 is 0 Å². The molecular weight excluding hydrogens is 232 g/mol. The highest BCUT2D eigenvalue weighted by Gasteiger charge is 2.42. The number of hydrogen-bond donors (Lipinski definition) is 1. The van der Waals surface area contributed by atoms with E-state index in [2.05, 4.69) is 17.1 Å². The monoisotopic (exact) mass is 264 g/mol. The smallest absolute Gasteiger partial charge is 0.0334 e. The van der Waals surface area contributed by atoms with Gasteiger partial charge in [-0.1, -0.05) is 45.4 Å². The van der Waals surface area contributed by atoms with E-state index in [-0.39, 0.29) is 0 Å². The van der Waals surface area contributed by atoms with Gasteiger partial charge in [-0.15, -0.1) is 0 Å². The predicted octanol–water partition coefficient (Wildman–Crippen LogP) is 3.56. The Labute approximate surface area is 119 Å². The Morgan fingerprint density at radius 3 is 2.58 bits per heavy atom. The first-order valence-electron chi connectivity index (χ1n) is 8.81. The molecule has 1 saturated heterocycles. The van der Waals surface area contributed by atoms with E-state index >= 15 is 0 Å². The van der Waals surface area contributed by atoms with Gasteiger partial charge in [-0.2, -0.15) is 0 Å². The minimum Gasteiger partial charge on any atom is -0.311 e. The Morgan fingerprint density at radius 2 is 1.89 bits per heavy atom. The van der Waals surface area contributed by atoms with Crippen LogP contribution in [-0.2, 0) is 0 Å². The fourth-order valence-electron chi connectivity index (χ4n) is 4.29. The molecule has 0 aromatic rings. The molecule has 2 nitrogen and oxygen atoms in total. The summed E-state index contributed by atoms with van der Waals surface area (Å²) >= 11 is 0. The van der Waals surface area contributed by atoms with Crippen molar-refractivity contribution in [3.8, 4) is 0 Å². The summed E-state index contributed by atoms with van der Waals surface area (Å²) in [5.74, 6) is 1.08. The van der Waals surface area contributed by atoms with Gasteiger partial charge in [0.2, 0.25) is 0 Å². The Kier molecular flexibility index (Phi) is 4.48. The fourth-order valence-corrected chi connectivity index (χ4v) is 4.29. The van der Waals surface area contributed by atoms with Crippen molar-refractivity contribution in [3.63, 3.8) is 0 Å². The van der Waals surface area contributed by atoms with Crippen LogP contribution in [0.5, 0.6) is 0 Å². The van der Waals surface area contributed by atoms with Gasteiger partial charge in [-0.3, -0.25) is 4.90 Å². The summed E-state index contributed by atoms with van der Waals surface area (Å²) in [4.78, 5) is 2.92. The molecule has 1 aliphatic heterocycles. The van der Waals surface area contributed by atoms with Gasteiger partial charge in [0.15, 0.2) is 0 Å². The second-order valence-electron chi connectivity index (χ2n) is 7.33. The van der Waals surface area contributed by atoms with E-state index in [1.165, 1.54) is 83.8 Å². The number of nitrogens with zero attached hydrogens (tertiary/aromatic N) is 1. The molecule has 110 valence electrons. The minimum absolute atomic E-state index is 0.539. The number of hydrogen-bond acceptors (Lipinski definition) is 2. The van der Waals surface area contributed by atoms with Gasteiger partial charge in [-0.05, 0) is 38.1 Å². The standard InChI is InChI=1S/C17H32N2/c1-2-6-16-13-19(12-9-15-7-8-15)17(14-18-16)10-4-3-5-11-17/h15-16,18H,2-14H2,1H3. The van der Waals surface area contributed by atoms with Crippen LogP contribution in [0, 0.1) is 5.92 Å². The summed E-state index contributed by atoms with van der Waals surface area (Å²) in [6, 6.07) is 0.761. The molecule has 1 N–H and O–H groups in total. The zero-order chi connectivity index (χ0) is 13.1. The highest BCUT2D eigenvalue weighted by atomic mass is 15.3. The Bertz CT molecular complexity index is 279. The van der Waals surface area contributed by atoms with Crippen molar-refractivity contribution < 1.29 is 0 Å². The van der Waals surface area contributed by atoms with Crippen LogP contribution in [0.4, 0.5) is 0 Å². The average molecular weight is 264 g/mol. The summed E-state index contributed by atoms with van der Waals surface area (Å²) in [5, 5.41) is 3.87. The molecule has 0 radical (unpaired) electrons. The van der Waals surface area contributed by atoms with E-state index in [0.29, 0.717) is 5.54 Å². The number of piperazine rings is 1. The first-order valence-corrected chi connectivity index (χ1v) is 8.81. The molecule has 3 fully saturated rings. The molecule has 19 heavy (non-hydrogen) atoms. The molecular formula is C17H32N2. The molecule has 0 amide bonds. The second-order valence-corrected chi connectivity index (χ2v) is 7.33. The van der Waals surface area contributed by atoms with E-state index in [1.807, 2.05) is 0 Å². The van der Waals surface area contributed by atoms with Crippen molar-refractivity contribution in [3.05, 3.63) is 0 Å². The Hall–Kier alpha value is -0.0800. The molecule has 0 aromatic carbocycles. The molecule has 1 atom stereocenters. The summed E-state index contributed by atoms with van der Waals surface area (Å²) in [5.41, 5.74) is 0.539. The lowest BCUT2D eigenvalue weighted by Gasteiger charge is -2.52. The lowest BCUT2D eigenvalue weighted by Crippen LogP contribution is -2.65. The summed E-state index contributed by atoms with van der Waals surface area (Å²) < 4.78 is 0. The van der Waals surface area contributed by atoms with Crippen molar-refractivity contribution in [2.75, 3.05) is 19.6 Å². The van der Waals surface area contributed by atoms with E-state index < -0.39 is 0 Å². The molecule has 3 aliphatic rings. The predicted molar refractivity (Wildman–Crippen MR) is 81.4 cm³/mol. The first kappa shape index (κ1) is 13.9. The van der Waals surface area contributed by atoms with Crippen LogP contribution in [-0.4, -0.2) is 36.1 Å². The maximum atomic E-state index is 3.87. The normalized spacial score (nSPS) is 31.7. The third kappa shape index (κ3) is 3.33. The van der Waals surface area contributed by atoms with Gasteiger partial charge in [0, 0.05) is 24.7 Å². The van der Waals surface area contributed by atoms with Crippen molar-refractivity contribution in [1.82, 2.24) is 10.2 Å². The van der Waals surface area contributed by atoms with Crippen LogP contribution in [0.25, 0.3) is 0 Å². The zero-order valence-corrected chi connectivity index (χ0v) is 12.8. The number of nitrogens with one attached hydrogen (secondary N) is 1. The van der Waals surface area contributed by atoms with Crippen molar-refractivity contribution in [2.24, 2.45) is 5.92 Å². The second kappa shape index (κ2) is 6.13. The highest BCUT2D eigenvalue weighted by Crippen LogP contribution is 2.38. The molecule has 2 aliphatic carbocycles. The molecule has 3 rings (SSSR count). The first-order chi connectivity index (χ1) is 9.32. The molecule has 1 heterocycles. The highest BCUT2D eigenvalue weighted by molar-refractivity contribution is 5.00. The van der Waals surface area contributed by atoms with Gasteiger partial charge in [0.1, 0.15) is 0 Å². The maximum Gasteiger partial charge on any atom is 0.0334 e. The van der Waals surface area contributed by atoms with Gasteiger partial charge in [0.05, 0.1) is 0 Å². The van der Waals surface area contributed by atoms with Gasteiger partial charge in [-0.25, -0.2) is 0 Å². The van der Waals surface area contributed by atoms with Crippen molar-refractivity contribution in [1.29, 1.82) is 0 Å². The van der Waals surface area contributed by atoms with E-state index in [1.54, 1.807) is 0 Å². The Morgan fingerprint density at radius 1 is 1.11 bits per heavy atom. The largest absolute Gasteiger partial charge is 0.311 e. The van der Waals surface area contributed by atoms with Crippen LogP contribution >= 0.6 is 0 Å². The minimum atomic E-state index is 0.539. The topological polar surface area (TPSA) is 15.3 Å². The summed E-state index contributed by atoms with van der Waals surface area (Å²) in [6.45, 7) is 6.29. The van der Waals surface area contributed by atoms with Gasteiger partial charge in [0.25, 0.3) is 0 Å². The lowest BCUT2D eigenvalue weighted by molar-refractivity contribution is 0.00667. The lowest BCUT2D eigenvalue weighted by atomic mass is 9.78. The third-order valence-corrected chi connectivity index (χ3v) is 5.76.